The predicted molar refractivity (Wildman–Crippen MR) is 67.1 cm³/mol. The van der Waals surface area contributed by atoms with Crippen LogP contribution in [0, 0.1) is 0 Å². The Morgan fingerprint density at radius 1 is 1.35 bits per heavy atom. The van der Waals surface area contributed by atoms with E-state index < -0.39 is 5.41 Å². The molecule has 0 aromatic heterocycles. The first-order valence-electron chi connectivity index (χ1n) is 5.84. The summed E-state index contributed by atoms with van der Waals surface area (Å²) in [5.74, 6) is 0.214. The molecule has 3 heteroatoms. The van der Waals surface area contributed by atoms with Gasteiger partial charge in [0.05, 0.1) is 5.41 Å². The maximum absolute atomic E-state index is 12.3. The predicted octanol–water partition coefficient (Wildman–Crippen LogP) is 2.29. The van der Waals surface area contributed by atoms with Gasteiger partial charge in [0.1, 0.15) is 5.78 Å². The molecule has 1 aromatic rings. The van der Waals surface area contributed by atoms with Crippen LogP contribution in [0.15, 0.2) is 24.3 Å². The molecule has 2 rings (SSSR count). The maximum Gasteiger partial charge on any atom is 0.237 e. The van der Waals surface area contributed by atoms with Crippen molar-refractivity contribution in [1.82, 2.24) is 0 Å². The van der Waals surface area contributed by atoms with Crippen molar-refractivity contribution in [3.05, 3.63) is 29.8 Å². The summed E-state index contributed by atoms with van der Waals surface area (Å²) < 4.78 is 0. The Kier molecular flexibility index (Phi) is 2.77. The lowest BCUT2D eigenvalue weighted by molar-refractivity contribution is -0.123. The number of rotatable bonds is 3. The molecule has 0 saturated carbocycles. The van der Waals surface area contributed by atoms with Gasteiger partial charge in [-0.2, -0.15) is 0 Å². The SMILES string of the molecule is CC(=O)CC[C@]1(C)C(=O)N(C)c2ccccc21. The molecule has 0 spiro atoms. The second-order valence-corrected chi connectivity index (χ2v) is 4.92. The van der Waals surface area contributed by atoms with Crippen molar-refractivity contribution < 1.29 is 9.59 Å². The van der Waals surface area contributed by atoms with Gasteiger partial charge in [-0.3, -0.25) is 4.79 Å². The van der Waals surface area contributed by atoms with E-state index in [2.05, 4.69) is 0 Å². The Morgan fingerprint density at radius 2 is 2.00 bits per heavy atom. The lowest BCUT2D eigenvalue weighted by Gasteiger charge is -2.22. The van der Waals surface area contributed by atoms with Crippen LogP contribution in [0.1, 0.15) is 32.3 Å². The summed E-state index contributed by atoms with van der Waals surface area (Å²) in [7, 11) is 1.79. The van der Waals surface area contributed by atoms with Crippen molar-refractivity contribution in [2.24, 2.45) is 0 Å². The first-order chi connectivity index (χ1) is 7.97. The molecule has 1 atom stereocenters. The first-order valence-corrected chi connectivity index (χ1v) is 5.84. The third-order valence-corrected chi connectivity index (χ3v) is 3.61. The van der Waals surface area contributed by atoms with Gasteiger partial charge in [-0.05, 0) is 31.9 Å². The molecular formula is C14H17NO2. The summed E-state index contributed by atoms with van der Waals surface area (Å²) in [5.41, 5.74) is 1.45. The topological polar surface area (TPSA) is 37.4 Å². The average Bonchev–Trinajstić information content (AvgIpc) is 2.51. The minimum absolute atomic E-state index is 0.0833. The van der Waals surface area contributed by atoms with Crippen molar-refractivity contribution >= 4 is 17.4 Å². The van der Waals surface area contributed by atoms with Crippen LogP contribution in [0.3, 0.4) is 0 Å². The van der Waals surface area contributed by atoms with Gasteiger partial charge in [0.2, 0.25) is 5.91 Å². The summed E-state index contributed by atoms with van der Waals surface area (Å²) >= 11 is 0. The smallest absolute Gasteiger partial charge is 0.237 e. The second-order valence-electron chi connectivity index (χ2n) is 4.92. The molecule has 0 N–H and O–H groups in total. The number of anilines is 1. The van der Waals surface area contributed by atoms with E-state index in [-0.39, 0.29) is 11.7 Å². The quantitative estimate of drug-likeness (QED) is 0.800. The minimum Gasteiger partial charge on any atom is -0.314 e. The van der Waals surface area contributed by atoms with Gasteiger partial charge in [-0.25, -0.2) is 0 Å². The van der Waals surface area contributed by atoms with Crippen molar-refractivity contribution in [2.45, 2.75) is 32.1 Å². The molecule has 3 nitrogen and oxygen atoms in total. The molecule has 17 heavy (non-hydrogen) atoms. The zero-order valence-corrected chi connectivity index (χ0v) is 10.5. The number of carbonyl (C=O) groups is 2. The number of amides is 1. The number of hydrogen-bond acceptors (Lipinski definition) is 2. The standard InChI is InChI=1S/C14H17NO2/c1-10(16)8-9-14(2)11-6-4-5-7-12(11)15(3)13(14)17/h4-7H,8-9H2,1-3H3/t14-/m0/s1. The van der Waals surface area contributed by atoms with Crippen molar-refractivity contribution in [1.29, 1.82) is 0 Å². The number of likely N-dealkylation sites (N-methyl/N-ethyl adjacent to an activating group) is 1. The summed E-state index contributed by atoms with van der Waals surface area (Å²) in [4.78, 5) is 25.1. The van der Waals surface area contributed by atoms with E-state index in [1.54, 1.807) is 18.9 Å². The fourth-order valence-corrected chi connectivity index (χ4v) is 2.50. The highest BCUT2D eigenvalue weighted by Gasteiger charge is 2.45. The van der Waals surface area contributed by atoms with Crippen LogP contribution in [0.5, 0.6) is 0 Å². The van der Waals surface area contributed by atoms with E-state index >= 15 is 0 Å². The van der Waals surface area contributed by atoms with Gasteiger partial charge in [-0.1, -0.05) is 18.2 Å². The Bertz CT molecular complexity index is 481. The summed E-state index contributed by atoms with van der Waals surface area (Å²) in [6, 6.07) is 7.81. The van der Waals surface area contributed by atoms with Crippen LogP contribution >= 0.6 is 0 Å². The van der Waals surface area contributed by atoms with E-state index in [0.717, 1.165) is 11.3 Å². The van der Waals surface area contributed by atoms with Crippen LogP contribution in [0.25, 0.3) is 0 Å². The molecule has 90 valence electrons. The van der Waals surface area contributed by atoms with Gasteiger partial charge in [0.25, 0.3) is 0 Å². The zero-order valence-electron chi connectivity index (χ0n) is 10.5. The molecule has 0 saturated heterocycles. The number of fused-ring (bicyclic) bond motifs is 1. The van der Waals surface area contributed by atoms with E-state index in [1.807, 2.05) is 31.2 Å². The molecule has 0 fully saturated rings. The highest BCUT2D eigenvalue weighted by molar-refractivity contribution is 6.07. The minimum atomic E-state index is -0.545. The highest BCUT2D eigenvalue weighted by atomic mass is 16.2. The Labute approximate surface area is 101 Å². The lowest BCUT2D eigenvalue weighted by atomic mass is 9.79. The first kappa shape index (κ1) is 11.8. The number of benzene rings is 1. The monoisotopic (exact) mass is 231 g/mol. The fraction of sp³-hybridized carbons (Fsp3) is 0.429. The second kappa shape index (κ2) is 3.99. The van der Waals surface area contributed by atoms with Crippen LogP contribution in [0.4, 0.5) is 5.69 Å². The van der Waals surface area contributed by atoms with Gasteiger partial charge < -0.3 is 9.69 Å². The molecule has 1 aromatic carbocycles. The number of carbonyl (C=O) groups excluding carboxylic acids is 2. The van der Waals surface area contributed by atoms with E-state index in [0.29, 0.717) is 12.8 Å². The van der Waals surface area contributed by atoms with Crippen LogP contribution in [-0.4, -0.2) is 18.7 Å². The van der Waals surface area contributed by atoms with E-state index in [1.165, 1.54) is 0 Å². The third-order valence-electron chi connectivity index (χ3n) is 3.61. The van der Waals surface area contributed by atoms with Gasteiger partial charge in [0.15, 0.2) is 0 Å². The molecule has 0 bridgehead atoms. The van der Waals surface area contributed by atoms with Crippen molar-refractivity contribution in [3.63, 3.8) is 0 Å². The number of ketones is 1. The number of hydrogen-bond donors (Lipinski definition) is 0. The van der Waals surface area contributed by atoms with Crippen LogP contribution in [-0.2, 0) is 15.0 Å². The fourth-order valence-electron chi connectivity index (χ4n) is 2.50. The van der Waals surface area contributed by atoms with E-state index in [4.69, 9.17) is 0 Å². The van der Waals surface area contributed by atoms with Crippen LogP contribution < -0.4 is 4.90 Å². The number of nitrogens with zero attached hydrogens (tertiary/aromatic N) is 1. The maximum atomic E-state index is 12.3. The summed E-state index contributed by atoms with van der Waals surface area (Å²) in [6.45, 7) is 3.50. The molecule has 1 heterocycles. The molecule has 0 unspecified atom stereocenters. The van der Waals surface area contributed by atoms with Gasteiger partial charge >= 0.3 is 0 Å². The van der Waals surface area contributed by atoms with Crippen LogP contribution in [0.2, 0.25) is 0 Å². The lowest BCUT2D eigenvalue weighted by Crippen LogP contribution is -2.36. The Hall–Kier alpha value is -1.64. The molecular weight excluding hydrogens is 214 g/mol. The summed E-state index contributed by atoms with van der Waals surface area (Å²) in [5, 5.41) is 0. The summed E-state index contributed by atoms with van der Waals surface area (Å²) in [6.07, 6.45) is 1.03. The van der Waals surface area contributed by atoms with Crippen molar-refractivity contribution in [2.75, 3.05) is 11.9 Å². The Morgan fingerprint density at radius 3 is 2.65 bits per heavy atom. The zero-order chi connectivity index (χ0) is 12.6. The molecule has 0 radical (unpaired) electrons. The Balaban J connectivity index is 2.41. The normalized spacial score (nSPS) is 22.8. The molecule has 1 aliphatic heterocycles. The van der Waals surface area contributed by atoms with Crippen molar-refractivity contribution in [3.8, 4) is 0 Å². The largest absolute Gasteiger partial charge is 0.314 e. The molecule has 1 aliphatic rings. The highest BCUT2D eigenvalue weighted by Crippen LogP contribution is 2.43. The molecule has 1 amide bonds. The number of Topliss-reactive ketones (excluding diaryl/α,β-unsaturated/α-hetero) is 1. The average molecular weight is 231 g/mol. The molecule has 0 aliphatic carbocycles. The van der Waals surface area contributed by atoms with Gasteiger partial charge in [0, 0.05) is 19.2 Å². The van der Waals surface area contributed by atoms with E-state index in [9.17, 15) is 9.59 Å². The third kappa shape index (κ3) is 1.75. The number of para-hydroxylation sites is 1. The van der Waals surface area contributed by atoms with Gasteiger partial charge in [-0.15, -0.1) is 0 Å².